The third-order valence-electron chi connectivity index (χ3n) is 2.38. The zero-order chi connectivity index (χ0) is 14.5. The third kappa shape index (κ3) is 3.40. The van der Waals surface area contributed by atoms with E-state index >= 15 is 0 Å². The zero-order valence-corrected chi connectivity index (χ0v) is 12.1. The third-order valence-corrected chi connectivity index (χ3v) is 2.90. The number of halogens is 2. The highest BCUT2D eigenvalue weighted by molar-refractivity contribution is 6.32. The Kier molecular flexibility index (Phi) is 4.82. The minimum atomic E-state index is -0.529. The second-order valence-electron chi connectivity index (χ2n) is 3.76. The van der Waals surface area contributed by atoms with Gasteiger partial charge in [-0.15, -0.1) is 0 Å². The maximum atomic E-state index is 11.8. The average Bonchev–Trinajstić information content (AvgIpc) is 2.42. The van der Waals surface area contributed by atoms with Gasteiger partial charge in [0.25, 0.3) is 0 Å². The smallest absolute Gasteiger partial charge is 0.343 e. The number of benzene rings is 1. The number of ether oxygens (including phenoxy) is 2. The molecule has 2 aromatic rings. The summed E-state index contributed by atoms with van der Waals surface area (Å²) in [5.41, 5.74) is 0.191. The fourth-order valence-corrected chi connectivity index (χ4v) is 1.83. The van der Waals surface area contributed by atoms with E-state index in [1.807, 2.05) is 0 Å². The van der Waals surface area contributed by atoms with E-state index in [4.69, 9.17) is 32.7 Å². The molecule has 20 heavy (non-hydrogen) atoms. The van der Waals surface area contributed by atoms with E-state index in [-0.39, 0.29) is 23.1 Å². The number of hydrogen-bond donors (Lipinski definition) is 0. The van der Waals surface area contributed by atoms with Gasteiger partial charge < -0.3 is 9.47 Å². The second-order valence-corrected chi connectivity index (χ2v) is 4.55. The van der Waals surface area contributed by atoms with Crippen LogP contribution in [0.3, 0.4) is 0 Å². The van der Waals surface area contributed by atoms with Crippen molar-refractivity contribution < 1.29 is 14.3 Å². The summed E-state index contributed by atoms with van der Waals surface area (Å²) < 4.78 is 10.6. The maximum absolute atomic E-state index is 11.8. The topological polar surface area (TPSA) is 48.4 Å². The average molecular weight is 312 g/mol. The fraction of sp³-hybridized carbons (Fsp3) is 0.143. The van der Waals surface area contributed by atoms with E-state index in [1.54, 1.807) is 31.2 Å². The Morgan fingerprint density at radius 3 is 2.70 bits per heavy atom. The number of esters is 1. The first kappa shape index (κ1) is 14.6. The molecule has 0 saturated carbocycles. The normalized spacial score (nSPS) is 10.2. The van der Waals surface area contributed by atoms with Crippen LogP contribution in [0.1, 0.15) is 17.3 Å². The summed E-state index contributed by atoms with van der Waals surface area (Å²) in [4.78, 5) is 15.7. The maximum Gasteiger partial charge on any atom is 0.343 e. The van der Waals surface area contributed by atoms with Crippen molar-refractivity contribution in [2.75, 3.05) is 6.61 Å². The summed E-state index contributed by atoms with van der Waals surface area (Å²) in [6, 6.07) is 8.36. The first-order chi connectivity index (χ1) is 9.61. The van der Waals surface area contributed by atoms with E-state index in [0.717, 1.165) is 0 Å². The predicted molar refractivity (Wildman–Crippen MR) is 76.7 cm³/mol. The molecule has 0 saturated heterocycles. The lowest BCUT2D eigenvalue weighted by atomic mass is 10.2. The predicted octanol–water partition coefficient (Wildman–Crippen LogP) is 4.36. The van der Waals surface area contributed by atoms with E-state index in [9.17, 15) is 4.79 Å². The van der Waals surface area contributed by atoms with E-state index < -0.39 is 5.97 Å². The van der Waals surface area contributed by atoms with Gasteiger partial charge >= 0.3 is 5.97 Å². The Labute approximate surface area is 126 Å². The Morgan fingerprint density at radius 2 is 2.00 bits per heavy atom. The highest BCUT2D eigenvalue weighted by atomic mass is 35.5. The molecule has 0 aliphatic carbocycles. The molecule has 0 atom stereocenters. The van der Waals surface area contributed by atoms with Crippen LogP contribution in [0.4, 0.5) is 0 Å². The van der Waals surface area contributed by atoms with Crippen molar-refractivity contribution in [2.24, 2.45) is 0 Å². The molecule has 1 heterocycles. The highest BCUT2D eigenvalue weighted by Gasteiger charge is 2.16. The van der Waals surface area contributed by atoms with Gasteiger partial charge in [0.15, 0.2) is 0 Å². The summed E-state index contributed by atoms with van der Waals surface area (Å²) in [5.74, 6) is 0.136. The summed E-state index contributed by atoms with van der Waals surface area (Å²) in [5, 5.41) is 0.635. The molecule has 1 aromatic carbocycles. The minimum absolute atomic E-state index is 0.191. The van der Waals surface area contributed by atoms with Crippen LogP contribution < -0.4 is 4.74 Å². The lowest BCUT2D eigenvalue weighted by molar-refractivity contribution is 0.0523. The van der Waals surface area contributed by atoms with Crippen molar-refractivity contribution in [3.8, 4) is 11.5 Å². The van der Waals surface area contributed by atoms with Crippen molar-refractivity contribution in [1.29, 1.82) is 0 Å². The Balaban J connectivity index is 2.37. The molecule has 0 aliphatic rings. The minimum Gasteiger partial charge on any atom is -0.462 e. The Bertz CT molecular complexity index is 632. The van der Waals surface area contributed by atoms with Crippen LogP contribution in [-0.2, 0) is 4.74 Å². The van der Waals surface area contributed by atoms with Crippen LogP contribution in [0.2, 0.25) is 10.2 Å². The standard InChI is InChI=1S/C14H11Cl2NO3/c1-2-19-14(18)9-8-17-13(16)7-12(9)20-11-6-4-3-5-10(11)15/h3-8H,2H2,1H3. The molecule has 6 heteroatoms. The van der Waals surface area contributed by atoms with Gasteiger partial charge in [-0.05, 0) is 19.1 Å². The van der Waals surface area contributed by atoms with Crippen LogP contribution in [0.5, 0.6) is 11.5 Å². The second kappa shape index (κ2) is 6.59. The molecule has 0 radical (unpaired) electrons. The van der Waals surface area contributed by atoms with E-state index in [1.165, 1.54) is 12.3 Å². The van der Waals surface area contributed by atoms with Crippen molar-refractivity contribution in [1.82, 2.24) is 4.98 Å². The van der Waals surface area contributed by atoms with Crippen molar-refractivity contribution in [3.05, 3.63) is 52.3 Å². The molecule has 1 aromatic heterocycles. The van der Waals surface area contributed by atoms with Gasteiger partial charge in [-0.25, -0.2) is 9.78 Å². The molecule has 0 amide bonds. The van der Waals surface area contributed by atoms with E-state index in [0.29, 0.717) is 10.8 Å². The van der Waals surface area contributed by atoms with Gasteiger partial charge in [-0.1, -0.05) is 35.3 Å². The molecule has 2 rings (SSSR count). The first-order valence-electron chi connectivity index (χ1n) is 5.87. The molecule has 0 fully saturated rings. The van der Waals surface area contributed by atoms with Crippen LogP contribution in [0.15, 0.2) is 36.5 Å². The Morgan fingerprint density at radius 1 is 1.25 bits per heavy atom. The lowest BCUT2D eigenvalue weighted by Gasteiger charge is -2.11. The fourth-order valence-electron chi connectivity index (χ4n) is 1.51. The quantitative estimate of drug-likeness (QED) is 0.622. The van der Waals surface area contributed by atoms with Crippen LogP contribution in [0, 0.1) is 0 Å². The lowest BCUT2D eigenvalue weighted by Crippen LogP contribution is -2.07. The largest absolute Gasteiger partial charge is 0.462 e. The number of aromatic nitrogens is 1. The SMILES string of the molecule is CCOC(=O)c1cnc(Cl)cc1Oc1ccccc1Cl. The molecule has 0 bridgehead atoms. The van der Waals surface area contributed by atoms with Crippen molar-refractivity contribution in [3.63, 3.8) is 0 Å². The highest BCUT2D eigenvalue weighted by Crippen LogP contribution is 2.32. The molecule has 0 aliphatic heterocycles. The summed E-state index contributed by atoms with van der Waals surface area (Å²) >= 11 is 11.8. The van der Waals surface area contributed by atoms with Crippen molar-refractivity contribution >= 4 is 29.2 Å². The molecular formula is C14H11Cl2NO3. The van der Waals surface area contributed by atoms with Gasteiger partial charge in [-0.2, -0.15) is 0 Å². The summed E-state index contributed by atoms with van der Waals surface area (Å²) in [6.07, 6.45) is 1.31. The molecule has 0 spiro atoms. The number of para-hydroxylation sites is 1. The number of nitrogens with zero attached hydrogens (tertiary/aromatic N) is 1. The number of carbonyl (C=O) groups is 1. The van der Waals surface area contributed by atoms with Gasteiger partial charge in [0.05, 0.1) is 11.6 Å². The Hall–Kier alpha value is -1.78. The van der Waals surface area contributed by atoms with Gasteiger partial charge in [-0.3, -0.25) is 0 Å². The van der Waals surface area contributed by atoms with Crippen LogP contribution in [0.25, 0.3) is 0 Å². The number of hydrogen-bond acceptors (Lipinski definition) is 4. The monoisotopic (exact) mass is 311 g/mol. The molecular weight excluding hydrogens is 301 g/mol. The number of carbonyl (C=O) groups excluding carboxylic acids is 1. The summed E-state index contributed by atoms with van der Waals surface area (Å²) in [6.45, 7) is 1.98. The molecule has 104 valence electrons. The van der Waals surface area contributed by atoms with Crippen LogP contribution in [-0.4, -0.2) is 17.6 Å². The molecule has 4 nitrogen and oxygen atoms in total. The van der Waals surface area contributed by atoms with Gasteiger partial charge in [0.1, 0.15) is 22.2 Å². The molecule has 0 unspecified atom stereocenters. The molecule has 0 N–H and O–H groups in total. The van der Waals surface area contributed by atoms with Crippen LogP contribution >= 0.6 is 23.2 Å². The first-order valence-corrected chi connectivity index (χ1v) is 6.62. The van der Waals surface area contributed by atoms with Crippen molar-refractivity contribution in [2.45, 2.75) is 6.92 Å². The summed E-state index contributed by atoms with van der Waals surface area (Å²) in [7, 11) is 0. The number of rotatable bonds is 4. The zero-order valence-electron chi connectivity index (χ0n) is 10.6. The van der Waals surface area contributed by atoms with E-state index in [2.05, 4.69) is 4.98 Å². The number of pyridine rings is 1. The van der Waals surface area contributed by atoms with Gasteiger partial charge in [0, 0.05) is 12.3 Å². The van der Waals surface area contributed by atoms with Gasteiger partial charge in [0.2, 0.25) is 0 Å².